The average molecular weight is 341 g/mol. The van der Waals surface area contributed by atoms with Crippen LogP contribution in [0.2, 0.25) is 0 Å². The number of benzene rings is 1. The number of hydrogen-bond donors (Lipinski definition) is 1. The van der Waals surface area contributed by atoms with E-state index in [-0.39, 0.29) is 18.4 Å². The predicted octanol–water partition coefficient (Wildman–Crippen LogP) is 3.34. The van der Waals surface area contributed by atoms with Crippen molar-refractivity contribution >= 4 is 22.7 Å². The number of fused-ring (bicyclic) bond motifs is 1. The van der Waals surface area contributed by atoms with Crippen molar-refractivity contribution in [2.75, 3.05) is 26.2 Å². The third-order valence-corrected chi connectivity index (χ3v) is 4.96. The van der Waals surface area contributed by atoms with Gasteiger partial charge in [-0.05, 0) is 44.4 Å². The summed E-state index contributed by atoms with van der Waals surface area (Å²) in [5, 5.41) is 1.02. The first-order chi connectivity index (χ1) is 12.1. The fourth-order valence-corrected chi connectivity index (χ4v) is 3.44. The summed E-state index contributed by atoms with van der Waals surface area (Å²) in [6, 6.07) is 7.95. The Balaban J connectivity index is 1.72. The van der Waals surface area contributed by atoms with Gasteiger partial charge >= 0.3 is 0 Å². The highest BCUT2D eigenvalue weighted by molar-refractivity contribution is 5.99. The smallest absolute Gasteiger partial charge is 0.270 e. The third-order valence-electron chi connectivity index (χ3n) is 4.96. The highest BCUT2D eigenvalue weighted by Crippen LogP contribution is 2.18. The van der Waals surface area contributed by atoms with Gasteiger partial charge in [-0.1, -0.05) is 25.0 Å². The van der Waals surface area contributed by atoms with Crippen LogP contribution in [-0.4, -0.2) is 52.8 Å². The highest BCUT2D eigenvalue weighted by atomic mass is 16.2. The van der Waals surface area contributed by atoms with Gasteiger partial charge in [-0.3, -0.25) is 9.59 Å². The van der Waals surface area contributed by atoms with E-state index in [9.17, 15) is 9.59 Å². The van der Waals surface area contributed by atoms with E-state index >= 15 is 0 Å². The summed E-state index contributed by atoms with van der Waals surface area (Å²) in [6.45, 7) is 6.25. The Kier molecular flexibility index (Phi) is 5.41. The molecule has 1 saturated heterocycles. The molecule has 1 N–H and O–H groups in total. The van der Waals surface area contributed by atoms with Gasteiger partial charge in [0.15, 0.2) is 0 Å². The van der Waals surface area contributed by atoms with Crippen LogP contribution in [0.25, 0.3) is 10.9 Å². The quantitative estimate of drug-likeness (QED) is 0.927. The summed E-state index contributed by atoms with van der Waals surface area (Å²) in [5.74, 6) is -0.0522. The molecule has 0 aliphatic carbocycles. The number of rotatable bonds is 4. The van der Waals surface area contributed by atoms with Gasteiger partial charge in [0.25, 0.3) is 5.91 Å². The van der Waals surface area contributed by atoms with Crippen LogP contribution < -0.4 is 0 Å². The Bertz CT molecular complexity index is 757. The second-order valence-corrected chi connectivity index (χ2v) is 6.89. The number of amides is 2. The summed E-state index contributed by atoms with van der Waals surface area (Å²) in [4.78, 5) is 32.2. The lowest BCUT2D eigenvalue weighted by Gasteiger charge is -2.25. The minimum atomic E-state index is -0.112. The SMILES string of the molecule is CCN(CC(=O)N1CCCCCC1)C(=O)c1cc2ccc(C)cc2[nH]1. The zero-order valence-corrected chi connectivity index (χ0v) is 15.2. The van der Waals surface area contributed by atoms with Crippen molar-refractivity contribution in [2.24, 2.45) is 0 Å². The first kappa shape index (κ1) is 17.5. The minimum Gasteiger partial charge on any atom is -0.351 e. The van der Waals surface area contributed by atoms with Crippen LogP contribution in [0.5, 0.6) is 0 Å². The molecule has 0 spiro atoms. The number of hydrogen-bond acceptors (Lipinski definition) is 2. The van der Waals surface area contributed by atoms with Crippen LogP contribution in [0.3, 0.4) is 0 Å². The van der Waals surface area contributed by atoms with Crippen molar-refractivity contribution in [3.63, 3.8) is 0 Å². The van der Waals surface area contributed by atoms with E-state index in [1.807, 2.05) is 43.0 Å². The number of nitrogens with one attached hydrogen (secondary N) is 1. The highest BCUT2D eigenvalue weighted by Gasteiger charge is 2.22. The number of aromatic amines is 1. The van der Waals surface area contributed by atoms with Crippen LogP contribution in [0.1, 0.15) is 48.7 Å². The second kappa shape index (κ2) is 7.72. The van der Waals surface area contributed by atoms with Crippen LogP contribution in [0.15, 0.2) is 24.3 Å². The van der Waals surface area contributed by atoms with Crippen molar-refractivity contribution in [1.82, 2.24) is 14.8 Å². The molecule has 1 fully saturated rings. The monoisotopic (exact) mass is 341 g/mol. The van der Waals surface area contributed by atoms with Crippen LogP contribution in [0, 0.1) is 6.92 Å². The van der Waals surface area contributed by atoms with Gasteiger partial charge in [0, 0.05) is 30.5 Å². The predicted molar refractivity (Wildman–Crippen MR) is 99.7 cm³/mol. The number of carbonyl (C=O) groups is 2. The van der Waals surface area contributed by atoms with Crippen molar-refractivity contribution in [3.05, 3.63) is 35.5 Å². The van der Waals surface area contributed by atoms with Crippen LogP contribution in [-0.2, 0) is 4.79 Å². The molecule has 5 heteroatoms. The summed E-state index contributed by atoms with van der Waals surface area (Å²) in [6.07, 6.45) is 4.50. The molecule has 2 amide bonds. The van der Waals surface area contributed by atoms with E-state index in [0.717, 1.165) is 42.4 Å². The van der Waals surface area contributed by atoms with Gasteiger partial charge in [-0.25, -0.2) is 0 Å². The molecule has 1 aliphatic heterocycles. The van der Waals surface area contributed by atoms with Crippen molar-refractivity contribution in [1.29, 1.82) is 0 Å². The summed E-state index contributed by atoms with van der Waals surface area (Å²) in [7, 11) is 0. The molecule has 0 unspecified atom stereocenters. The summed E-state index contributed by atoms with van der Waals surface area (Å²) < 4.78 is 0. The van der Waals surface area contributed by atoms with Gasteiger partial charge in [0.2, 0.25) is 5.91 Å². The molecular weight excluding hydrogens is 314 g/mol. The molecule has 1 aliphatic rings. The number of likely N-dealkylation sites (tertiary alicyclic amines) is 1. The Labute approximate surface area is 149 Å². The first-order valence-electron chi connectivity index (χ1n) is 9.25. The Morgan fingerprint density at radius 2 is 1.84 bits per heavy atom. The van der Waals surface area contributed by atoms with E-state index in [0.29, 0.717) is 12.2 Å². The van der Waals surface area contributed by atoms with E-state index in [1.54, 1.807) is 4.90 Å². The maximum Gasteiger partial charge on any atom is 0.270 e. The molecule has 5 nitrogen and oxygen atoms in total. The van der Waals surface area contributed by atoms with E-state index in [1.165, 1.54) is 12.8 Å². The largest absolute Gasteiger partial charge is 0.351 e. The summed E-state index contributed by atoms with van der Waals surface area (Å²) >= 11 is 0. The fraction of sp³-hybridized carbons (Fsp3) is 0.500. The van der Waals surface area contributed by atoms with Gasteiger partial charge in [-0.2, -0.15) is 0 Å². The standard InChI is InChI=1S/C20H27N3O2/c1-3-22(14-19(24)23-10-6-4-5-7-11-23)20(25)18-13-16-9-8-15(2)12-17(16)21-18/h8-9,12-13,21H,3-7,10-11,14H2,1-2H3. The number of aryl methyl sites for hydroxylation is 1. The molecule has 1 aromatic heterocycles. The van der Waals surface area contributed by atoms with Crippen LogP contribution >= 0.6 is 0 Å². The molecule has 1 aromatic carbocycles. The van der Waals surface area contributed by atoms with Crippen molar-refractivity contribution < 1.29 is 9.59 Å². The van der Waals surface area contributed by atoms with Crippen molar-refractivity contribution in [2.45, 2.75) is 39.5 Å². The Morgan fingerprint density at radius 3 is 2.52 bits per heavy atom. The molecule has 134 valence electrons. The number of carbonyl (C=O) groups excluding carboxylic acids is 2. The minimum absolute atomic E-state index is 0.0593. The lowest BCUT2D eigenvalue weighted by molar-refractivity contribution is -0.131. The first-order valence-corrected chi connectivity index (χ1v) is 9.25. The number of aromatic nitrogens is 1. The topological polar surface area (TPSA) is 56.4 Å². The number of nitrogens with zero attached hydrogens (tertiary/aromatic N) is 2. The zero-order valence-electron chi connectivity index (χ0n) is 15.2. The van der Waals surface area contributed by atoms with E-state index in [4.69, 9.17) is 0 Å². The van der Waals surface area contributed by atoms with E-state index < -0.39 is 0 Å². The number of H-pyrrole nitrogens is 1. The summed E-state index contributed by atoms with van der Waals surface area (Å²) in [5.41, 5.74) is 2.65. The second-order valence-electron chi connectivity index (χ2n) is 6.89. The van der Waals surface area contributed by atoms with Crippen LogP contribution in [0.4, 0.5) is 0 Å². The average Bonchev–Trinajstić information content (AvgIpc) is 2.83. The van der Waals surface area contributed by atoms with Gasteiger partial charge in [-0.15, -0.1) is 0 Å². The van der Waals surface area contributed by atoms with Gasteiger partial charge < -0.3 is 14.8 Å². The molecule has 0 radical (unpaired) electrons. The maximum absolute atomic E-state index is 12.8. The lowest BCUT2D eigenvalue weighted by Crippen LogP contribution is -2.43. The molecule has 3 rings (SSSR count). The number of likely N-dealkylation sites (N-methyl/N-ethyl adjacent to an activating group) is 1. The normalized spacial score (nSPS) is 15.2. The Morgan fingerprint density at radius 1 is 1.12 bits per heavy atom. The molecule has 2 heterocycles. The molecule has 25 heavy (non-hydrogen) atoms. The zero-order chi connectivity index (χ0) is 17.8. The maximum atomic E-state index is 12.8. The van der Waals surface area contributed by atoms with Crippen molar-refractivity contribution in [3.8, 4) is 0 Å². The molecular formula is C20H27N3O2. The molecule has 2 aromatic rings. The Hall–Kier alpha value is -2.30. The lowest BCUT2D eigenvalue weighted by atomic mass is 10.2. The fourth-order valence-electron chi connectivity index (χ4n) is 3.44. The third kappa shape index (κ3) is 4.03. The van der Waals surface area contributed by atoms with E-state index in [2.05, 4.69) is 4.98 Å². The molecule has 0 saturated carbocycles. The van der Waals surface area contributed by atoms with Gasteiger partial charge in [0.1, 0.15) is 12.2 Å². The molecule has 0 bridgehead atoms. The van der Waals surface area contributed by atoms with Gasteiger partial charge in [0.05, 0.1) is 0 Å². The molecule has 0 atom stereocenters.